The zero-order chi connectivity index (χ0) is 15.4. The van der Waals surface area contributed by atoms with Crippen molar-refractivity contribution < 1.29 is 4.79 Å². The first-order valence-corrected chi connectivity index (χ1v) is 8.66. The Kier molecular flexibility index (Phi) is 4.95. The van der Waals surface area contributed by atoms with Gasteiger partial charge in [-0.15, -0.1) is 10.2 Å². The summed E-state index contributed by atoms with van der Waals surface area (Å²) in [5.41, 5.74) is 0. The van der Waals surface area contributed by atoms with Crippen LogP contribution in [0.2, 0.25) is 0 Å². The molecule has 1 fully saturated rings. The van der Waals surface area contributed by atoms with Crippen molar-refractivity contribution in [1.82, 2.24) is 25.4 Å². The molecule has 6 heteroatoms. The van der Waals surface area contributed by atoms with Crippen LogP contribution < -0.4 is 10.6 Å². The highest BCUT2D eigenvalue weighted by Gasteiger charge is 2.27. The minimum absolute atomic E-state index is 0.0666. The van der Waals surface area contributed by atoms with Crippen LogP contribution in [0.25, 0.3) is 0 Å². The van der Waals surface area contributed by atoms with Crippen molar-refractivity contribution in [2.75, 3.05) is 13.1 Å². The summed E-state index contributed by atoms with van der Waals surface area (Å²) in [7, 11) is 0. The molecule has 0 saturated heterocycles. The Hall–Kier alpha value is -1.59. The summed E-state index contributed by atoms with van der Waals surface area (Å²) < 4.78 is 2.24. The Morgan fingerprint density at radius 2 is 2.14 bits per heavy atom. The fourth-order valence-corrected chi connectivity index (χ4v) is 3.17. The SMILES string of the molecule is CC(CNC(=O)NCCc1nnc2n1CCCCC2)C1CC1. The topological polar surface area (TPSA) is 71.8 Å². The molecule has 2 aliphatic rings. The van der Waals surface area contributed by atoms with Crippen molar-refractivity contribution in [3.63, 3.8) is 0 Å². The Morgan fingerprint density at radius 3 is 2.95 bits per heavy atom. The third-order valence-corrected chi connectivity index (χ3v) is 4.83. The van der Waals surface area contributed by atoms with Crippen LogP contribution in [0.3, 0.4) is 0 Å². The molecule has 0 spiro atoms. The lowest BCUT2D eigenvalue weighted by Crippen LogP contribution is -2.39. The van der Waals surface area contributed by atoms with E-state index in [0.717, 1.165) is 43.5 Å². The Morgan fingerprint density at radius 1 is 1.27 bits per heavy atom. The van der Waals surface area contributed by atoms with Gasteiger partial charge in [-0.25, -0.2) is 4.79 Å². The van der Waals surface area contributed by atoms with Crippen molar-refractivity contribution in [2.45, 2.75) is 58.4 Å². The Bertz CT molecular complexity index is 509. The number of rotatable bonds is 6. The first kappa shape index (κ1) is 15.3. The van der Waals surface area contributed by atoms with E-state index in [-0.39, 0.29) is 6.03 Å². The van der Waals surface area contributed by atoms with E-state index in [4.69, 9.17) is 0 Å². The number of amides is 2. The molecule has 22 heavy (non-hydrogen) atoms. The van der Waals surface area contributed by atoms with Gasteiger partial charge in [0, 0.05) is 32.5 Å². The standard InChI is InChI=1S/C16H27N5O/c1-12(13-6-7-13)11-18-16(22)17-9-8-15-20-19-14-5-3-2-4-10-21(14)15/h12-13H,2-11H2,1H3,(H2,17,18,22). The van der Waals surface area contributed by atoms with Crippen molar-refractivity contribution in [3.8, 4) is 0 Å². The van der Waals surface area contributed by atoms with Gasteiger partial charge < -0.3 is 15.2 Å². The van der Waals surface area contributed by atoms with E-state index >= 15 is 0 Å². The van der Waals surface area contributed by atoms with Crippen LogP contribution in [0, 0.1) is 11.8 Å². The number of urea groups is 1. The number of hydrogen-bond acceptors (Lipinski definition) is 3. The number of carbonyl (C=O) groups excluding carboxylic acids is 1. The van der Waals surface area contributed by atoms with E-state index < -0.39 is 0 Å². The molecule has 122 valence electrons. The summed E-state index contributed by atoms with van der Waals surface area (Å²) in [6, 6.07) is -0.0666. The smallest absolute Gasteiger partial charge is 0.314 e. The molecule has 0 radical (unpaired) electrons. The van der Waals surface area contributed by atoms with Crippen molar-refractivity contribution in [3.05, 3.63) is 11.6 Å². The number of carbonyl (C=O) groups is 1. The molecule has 6 nitrogen and oxygen atoms in total. The molecule has 2 heterocycles. The van der Waals surface area contributed by atoms with Crippen LogP contribution in [0.15, 0.2) is 0 Å². The van der Waals surface area contributed by atoms with Gasteiger partial charge in [-0.05, 0) is 37.5 Å². The third-order valence-electron chi connectivity index (χ3n) is 4.83. The van der Waals surface area contributed by atoms with E-state index in [9.17, 15) is 4.79 Å². The van der Waals surface area contributed by atoms with Crippen LogP contribution in [-0.2, 0) is 19.4 Å². The highest BCUT2D eigenvalue weighted by Crippen LogP contribution is 2.35. The average molecular weight is 305 g/mol. The highest BCUT2D eigenvalue weighted by atomic mass is 16.2. The van der Waals surface area contributed by atoms with Gasteiger partial charge in [-0.2, -0.15) is 0 Å². The lowest BCUT2D eigenvalue weighted by Gasteiger charge is -2.12. The predicted molar refractivity (Wildman–Crippen MR) is 84.6 cm³/mol. The van der Waals surface area contributed by atoms with Crippen LogP contribution in [0.1, 0.15) is 50.7 Å². The summed E-state index contributed by atoms with van der Waals surface area (Å²) >= 11 is 0. The Labute approximate surface area is 132 Å². The lowest BCUT2D eigenvalue weighted by atomic mass is 10.1. The van der Waals surface area contributed by atoms with Crippen LogP contribution >= 0.6 is 0 Å². The first-order chi connectivity index (χ1) is 10.7. The van der Waals surface area contributed by atoms with Gasteiger partial charge in [-0.1, -0.05) is 13.3 Å². The van der Waals surface area contributed by atoms with Gasteiger partial charge in [0.15, 0.2) is 0 Å². The number of aromatic nitrogens is 3. The maximum atomic E-state index is 11.8. The van der Waals surface area contributed by atoms with E-state index in [2.05, 4.69) is 32.3 Å². The molecule has 0 aromatic carbocycles. The molecule has 2 amide bonds. The maximum absolute atomic E-state index is 11.8. The summed E-state index contributed by atoms with van der Waals surface area (Å²) in [4.78, 5) is 11.8. The van der Waals surface area contributed by atoms with Gasteiger partial charge >= 0.3 is 6.03 Å². The fraction of sp³-hybridized carbons (Fsp3) is 0.812. The maximum Gasteiger partial charge on any atom is 0.314 e. The average Bonchev–Trinajstić information content (AvgIpc) is 3.32. The zero-order valence-electron chi connectivity index (χ0n) is 13.5. The second-order valence-electron chi connectivity index (χ2n) is 6.70. The Balaban J connectivity index is 1.39. The molecule has 1 atom stereocenters. The quantitative estimate of drug-likeness (QED) is 0.843. The second kappa shape index (κ2) is 7.11. The molecule has 0 bridgehead atoms. The summed E-state index contributed by atoms with van der Waals surface area (Å²) in [6.07, 6.45) is 8.09. The third kappa shape index (κ3) is 3.99. The van der Waals surface area contributed by atoms with E-state index in [1.807, 2.05) is 0 Å². The van der Waals surface area contributed by atoms with Gasteiger partial charge in [-0.3, -0.25) is 0 Å². The van der Waals surface area contributed by atoms with Crippen molar-refractivity contribution in [1.29, 1.82) is 0 Å². The molecule has 1 saturated carbocycles. The summed E-state index contributed by atoms with van der Waals surface area (Å²) in [6.45, 7) is 4.62. The normalized spacial score (nSPS) is 19.1. The van der Waals surface area contributed by atoms with Gasteiger partial charge in [0.1, 0.15) is 11.6 Å². The van der Waals surface area contributed by atoms with Crippen LogP contribution in [-0.4, -0.2) is 33.9 Å². The molecule has 1 aromatic rings. The molecule has 1 aromatic heterocycles. The van der Waals surface area contributed by atoms with E-state index in [0.29, 0.717) is 12.5 Å². The highest BCUT2D eigenvalue weighted by molar-refractivity contribution is 5.73. The summed E-state index contributed by atoms with van der Waals surface area (Å²) in [5, 5.41) is 14.5. The lowest BCUT2D eigenvalue weighted by molar-refractivity contribution is 0.238. The number of hydrogen-bond donors (Lipinski definition) is 2. The number of nitrogens with one attached hydrogen (secondary N) is 2. The van der Waals surface area contributed by atoms with Gasteiger partial charge in [0.05, 0.1) is 0 Å². The summed E-state index contributed by atoms with van der Waals surface area (Å²) in [5.74, 6) is 3.53. The minimum atomic E-state index is -0.0666. The predicted octanol–water partition coefficient (Wildman–Crippen LogP) is 1.89. The number of nitrogens with zero attached hydrogens (tertiary/aromatic N) is 3. The van der Waals surface area contributed by atoms with E-state index in [1.165, 1.54) is 32.1 Å². The molecule has 3 rings (SSSR count). The van der Waals surface area contributed by atoms with Crippen LogP contribution in [0.4, 0.5) is 4.79 Å². The number of fused-ring (bicyclic) bond motifs is 1. The first-order valence-electron chi connectivity index (χ1n) is 8.66. The largest absolute Gasteiger partial charge is 0.338 e. The molecule has 1 unspecified atom stereocenters. The second-order valence-corrected chi connectivity index (χ2v) is 6.70. The minimum Gasteiger partial charge on any atom is -0.338 e. The van der Waals surface area contributed by atoms with Gasteiger partial charge in [0.25, 0.3) is 0 Å². The van der Waals surface area contributed by atoms with E-state index in [1.54, 1.807) is 0 Å². The van der Waals surface area contributed by atoms with Crippen molar-refractivity contribution in [2.24, 2.45) is 11.8 Å². The number of aryl methyl sites for hydroxylation is 1. The van der Waals surface area contributed by atoms with Crippen LogP contribution in [0.5, 0.6) is 0 Å². The monoisotopic (exact) mass is 305 g/mol. The fourth-order valence-electron chi connectivity index (χ4n) is 3.17. The molecular weight excluding hydrogens is 278 g/mol. The molecule has 1 aliphatic carbocycles. The zero-order valence-corrected chi connectivity index (χ0v) is 13.5. The molecule has 2 N–H and O–H groups in total. The van der Waals surface area contributed by atoms with Gasteiger partial charge in [0.2, 0.25) is 0 Å². The molecule has 1 aliphatic heterocycles. The molecular formula is C16H27N5O. The van der Waals surface area contributed by atoms with Crippen molar-refractivity contribution >= 4 is 6.03 Å².